The lowest BCUT2D eigenvalue weighted by Crippen LogP contribution is -2.41. The van der Waals surface area contributed by atoms with Gasteiger partial charge in [-0.25, -0.2) is 0 Å². The van der Waals surface area contributed by atoms with Crippen LogP contribution in [-0.4, -0.2) is 30.2 Å². The van der Waals surface area contributed by atoms with E-state index in [9.17, 15) is 9.59 Å². The lowest BCUT2D eigenvalue weighted by atomic mass is 9.86. The van der Waals surface area contributed by atoms with E-state index in [-0.39, 0.29) is 17.9 Å². The number of allylic oxidation sites excluding steroid dienone is 1. The summed E-state index contributed by atoms with van der Waals surface area (Å²) in [7, 11) is 0. The topological polar surface area (TPSA) is 67.4 Å². The third kappa shape index (κ3) is 4.41. The zero-order valence-electron chi connectivity index (χ0n) is 15.3. The van der Waals surface area contributed by atoms with E-state index in [1.54, 1.807) is 19.1 Å². The number of carbonyl (C=O) groups excluding carboxylic acids is 2. The van der Waals surface area contributed by atoms with Gasteiger partial charge in [-0.2, -0.15) is 0 Å². The highest BCUT2D eigenvalue weighted by atomic mass is 32.2. The third-order valence-corrected chi connectivity index (χ3v) is 6.15. The zero-order chi connectivity index (χ0) is 18.5. The molecule has 2 N–H and O–H groups in total. The number of rotatable bonds is 4. The van der Waals surface area contributed by atoms with E-state index < -0.39 is 0 Å². The molecule has 0 spiro atoms. The van der Waals surface area contributed by atoms with Crippen molar-refractivity contribution in [1.29, 1.82) is 0 Å². The summed E-state index contributed by atoms with van der Waals surface area (Å²) in [6, 6.07) is 7.36. The number of anilines is 1. The van der Waals surface area contributed by atoms with Crippen molar-refractivity contribution in [3.63, 3.8) is 0 Å². The first kappa shape index (κ1) is 18.8. The van der Waals surface area contributed by atoms with Crippen LogP contribution < -0.4 is 10.6 Å². The summed E-state index contributed by atoms with van der Waals surface area (Å²) in [6.45, 7) is 4.60. The number of ether oxygens (including phenoxy) is 1. The Bertz CT molecular complexity index is 717. The van der Waals surface area contributed by atoms with Crippen molar-refractivity contribution >= 4 is 29.3 Å². The van der Waals surface area contributed by atoms with Gasteiger partial charge in [0.15, 0.2) is 0 Å². The lowest BCUT2D eigenvalue weighted by molar-refractivity contribution is -0.112. The molecule has 0 unspecified atom stereocenters. The molecule has 2 aliphatic rings. The van der Waals surface area contributed by atoms with E-state index in [2.05, 4.69) is 17.6 Å². The van der Waals surface area contributed by atoms with Gasteiger partial charge in [0.25, 0.3) is 11.8 Å². The van der Waals surface area contributed by atoms with E-state index in [0.29, 0.717) is 34.4 Å². The predicted octanol–water partition coefficient (Wildman–Crippen LogP) is 3.93. The van der Waals surface area contributed by atoms with Crippen molar-refractivity contribution in [3.05, 3.63) is 40.5 Å². The largest absolute Gasteiger partial charge is 0.496 e. The quantitative estimate of drug-likeness (QED) is 0.838. The first-order valence-corrected chi connectivity index (χ1v) is 10.2. The highest BCUT2D eigenvalue weighted by molar-refractivity contribution is 8.04. The van der Waals surface area contributed by atoms with Crippen LogP contribution in [0.15, 0.2) is 34.9 Å². The fourth-order valence-corrected chi connectivity index (χ4v) is 4.29. The van der Waals surface area contributed by atoms with E-state index in [1.807, 2.05) is 12.1 Å². The molecule has 5 nitrogen and oxygen atoms in total. The summed E-state index contributed by atoms with van der Waals surface area (Å²) in [5, 5.41) is 6.04. The summed E-state index contributed by atoms with van der Waals surface area (Å²) in [6.07, 6.45) is 4.54. The average molecular weight is 375 g/mol. The van der Waals surface area contributed by atoms with Gasteiger partial charge < -0.3 is 15.4 Å². The van der Waals surface area contributed by atoms with Crippen LogP contribution in [0.2, 0.25) is 0 Å². The summed E-state index contributed by atoms with van der Waals surface area (Å²) in [4.78, 5) is 26.0. The Kier molecular flexibility index (Phi) is 6.25. The van der Waals surface area contributed by atoms with Crippen molar-refractivity contribution in [2.75, 3.05) is 17.7 Å². The Labute approximate surface area is 158 Å². The molecule has 0 radical (unpaired) electrons. The van der Waals surface area contributed by atoms with Crippen molar-refractivity contribution in [2.45, 2.75) is 45.6 Å². The predicted molar refractivity (Wildman–Crippen MR) is 105 cm³/mol. The zero-order valence-corrected chi connectivity index (χ0v) is 16.2. The average Bonchev–Trinajstić information content (AvgIpc) is 2.64. The summed E-state index contributed by atoms with van der Waals surface area (Å²) in [5.74, 6) is 1.52. The highest BCUT2D eigenvalue weighted by Gasteiger charge is 2.25. The van der Waals surface area contributed by atoms with Gasteiger partial charge in [-0.3, -0.25) is 9.59 Å². The van der Waals surface area contributed by atoms with E-state index in [4.69, 9.17) is 4.74 Å². The van der Waals surface area contributed by atoms with Crippen LogP contribution in [0.3, 0.4) is 0 Å². The molecule has 0 aromatic heterocycles. The van der Waals surface area contributed by atoms with Gasteiger partial charge in [-0.05, 0) is 37.8 Å². The molecule has 1 aromatic carbocycles. The van der Waals surface area contributed by atoms with Gasteiger partial charge >= 0.3 is 0 Å². The minimum atomic E-state index is -0.224. The molecule has 0 saturated heterocycles. The monoisotopic (exact) mass is 374 g/mol. The van der Waals surface area contributed by atoms with Crippen LogP contribution >= 0.6 is 11.8 Å². The maximum absolute atomic E-state index is 12.8. The number of carbonyl (C=O) groups is 2. The Morgan fingerprint density at radius 2 is 1.92 bits per heavy atom. The smallest absolute Gasteiger partial charge is 0.265 e. The molecular formula is C20H26N2O3S. The van der Waals surface area contributed by atoms with Crippen LogP contribution in [0, 0.1) is 5.92 Å². The van der Waals surface area contributed by atoms with Crippen LogP contribution in [0.1, 0.15) is 49.9 Å². The normalized spacial score (nSPS) is 23.2. The first-order valence-electron chi connectivity index (χ1n) is 9.24. The SMILES string of the molecule is CC1=C(C(=O)Nc2ccccc2C(=O)N[C@@H]2CCCC[C@H]2C)SCCO1. The van der Waals surface area contributed by atoms with Gasteiger partial charge in [-0.1, -0.05) is 31.9 Å². The Hall–Kier alpha value is -1.95. The van der Waals surface area contributed by atoms with Gasteiger partial charge in [-0.15, -0.1) is 11.8 Å². The molecule has 1 aliphatic heterocycles. The maximum Gasteiger partial charge on any atom is 0.265 e. The molecule has 1 saturated carbocycles. The molecule has 2 atom stereocenters. The van der Waals surface area contributed by atoms with Crippen molar-refractivity contribution in [3.8, 4) is 0 Å². The molecule has 3 rings (SSSR count). The van der Waals surface area contributed by atoms with E-state index in [1.165, 1.54) is 18.2 Å². The van der Waals surface area contributed by atoms with Crippen molar-refractivity contribution in [1.82, 2.24) is 5.32 Å². The first-order chi connectivity index (χ1) is 12.6. The second-order valence-electron chi connectivity index (χ2n) is 6.92. The molecule has 2 amide bonds. The van der Waals surface area contributed by atoms with Crippen molar-refractivity contribution < 1.29 is 14.3 Å². The van der Waals surface area contributed by atoms with Crippen LogP contribution in [0.4, 0.5) is 5.69 Å². The Morgan fingerprint density at radius 1 is 1.15 bits per heavy atom. The molecule has 6 heteroatoms. The molecule has 26 heavy (non-hydrogen) atoms. The summed E-state index contributed by atoms with van der Waals surface area (Å²) >= 11 is 1.48. The lowest BCUT2D eigenvalue weighted by Gasteiger charge is -2.29. The fraction of sp³-hybridized carbons (Fsp3) is 0.500. The van der Waals surface area contributed by atoms with Crippen LogP contribution in [-0.2, 0) is 9.53 Å². The minimum Gasteiger partial charge on any atom is -0.496 e. The van der Waals surface area contributed by atoms with Gasteiger partial charge in [0.2, 0.25) is 0 Å². The number of hydrogen-bond donors (Lipinski definition) is 2. The maximum atomic E-state index is 12.8. The van der Waals surface area contributed by atoms with Gasteiger partial charge in [0, 0.05) is 11.8 Å². The second-order valence-corrected chi connectivity index (χ2v) is 8.03. The van der Waals surface area contributed by atoms with Crippen LogP contribution in [0.25, 0.3) is 0 Å². The molecular weight excluding hydrogens is 348 g/mol. The molecule has 140 valence electrons. The number of benzene rings is 1. The summed E-state index contributed by atoms with van der Waals surface area (Å²) < 4.78 is 5.46. The molecule has 1 aromatic rings. The van der Waals surface area contributed by atoms with Crippen LogP contribution in [0.5, 0.6) is 0 Å². The van der Waals surface area contributed by atoms with Gasteiger partial charge in [0.1, 0.15) is 10.7 Å². The Morgan fingerprint density at radius 3 is 2.69 bits per heavy atom. The molecule has 0 bridgehead atoms. The highest BCUT2D eigenvalue weighted by Crippen LogP contribution is 2.28. The molecule has 1 fully saturated rings. The number of para-hydroxylation sites is 1. The third-order valence-electron chi connectivity index (χ3n) is 5.02. The number of hydrogen-bond acceptors (Lipinski definition) is 4. The molecule has 1 aliphatic carbocycles. The number of nitrogens with one attached hydrogen (secondary N) is 2. The Balaban J connectivity index is 1.73. The van der Waals surface area contributed by atoms with E-state index >= 15 is 0 Å². The molecule has 1 heterocycles. The standard InChI is InChI=1S/C20H26N2O3S/c1-13-7-3-5-9-16(13)21-19(23)15-8-4-6-10-17(15)22-20(24)18-14(2)25-11-12-26-18/h4,6,8,10,13,16H,3,5,7,9,11-12H2,1-2H3,(H,21,23)(H,22,24)/t13-,16-/m1/s1. The number of thioether (sulfide) groups is 1. The van der Waals surface area contributed by atoms with Crippen molar-refractivity contribution in [2.24, 2.45) is 5.92 Å². The number of amides is 2. The van der Waals surface area contributed by atoms with Gasteiger partial charge in [0.05, 0.1) is 17.9 Å². The fourth-order valence-electron chi connectivity index (χ4n) is 3.48. The summed E-state index contributed by atoms with van der Waals surface area (Å²) in [5.41, 5.74) is 1.03. The van der Waals surface area contributed by atoms with E-state index in [0.717, 1.165) is 25.0 Å². The minimum absolute atomic E-state index is 0.127. The second kappa shape index (κ2) is 8.62.